The minimum absolute atomic E-state index is 0.336. The van der Waals surface area contributed by atoms with Crippen molar-refractivity contribution < 1.29 is 18.7 Å². The van der Waals surface area contributed by atoms with Gasteiger partial charge in [0.05, 0.1) is 18.2 Å². The summed E-state index contributed by atoms with van der Waals surface area (Å²) in [7, 11) is 2.85. The predicted octanol–water partition coefficient (Wildman–Crippen LogP) is 2.17. The molecule has 7 nitrogen and oxygen atoms in total. The first-order chi connectivity index (χ1) is 11.5. The van der Waals surface area contributed by atoms with Crippen molar-refractivity contribution in [3.8, 4) is 0 Å². The highest BCUT2D eigenvalue weighted by atomic mass is 16.5. The zero-order chi connectivity index (χ0) is 17.3. The van der Waals surface area contributed by atoms with Gasteiger partial charge in [0.25, 0.3) is 5.91 Å². The Hall–Kier alpha value is -3.35. The van der Waals surface area contributed by atoms with Crippen LogP contribution in [0.3, 0.4) is 0 Å². The average molecular weight is 326 g/mol. The van der Waals surface area contributed by atoms with Crippen molar-refractivity contribution in [2.45, 2.75) is 0 Å². The van der Waals surface area contributed by atoms with Crippen LogP contribution in [0.1, 0.15) is 20.7 Å². The molecule has 2 aromatic carbocycles. The largest absolute Gasteiger partial charge is 0.465 e. The van der Waals surface area contributed by atoms with E-state index >= 15 is 0 Å². The maximum atomic E-state index is 12.4. The number of anilines is 1. The summed E-state index contributed by atoms with van der Waals surface area (Å²) in [5.74, 6) is -1.35. The van der Waals surface area contributed by atoms with Gasteiger partial charge in [-0.25, -0.2) is 9.59 Å². The van der Waals surface area contributed by atoms with E-state index in [0.717, 1.165) is 0 Å². The third-order valence-electron chi connectivity index (χ3n) is 3.60. The van der Waals surface area contributed by atoms with Crippen LogP contribution >= 0.6 is 0 Å². The molecule has 0 fully saturated rings. The molecule has 0 saturated carbocycles. The molecule has 3 aromatic rings. The zero-order valence-corrected chi connectivity index (χ0v) is 13.0. The second-order valence-electron chi connectivity index (χ2n) is 5.14. The average Bonchev–Trinajstić information content (AvgIpc) is 2.88. The van der Waals surface area contributed by atoms with E-state index in [9.17, 15) is 14.4 Å². The minimum atomic E-state index is -0.492. The molecule has 0 unspecified atom stereocenters. The first-order valence-electron chi connectivity index (χ1n) is 7.09. The molecule has 1 N–H and O–H groups in total. The summed E-state index contributed by atoms with van der Waals surface area (Å²) >= 11 is 0. The maximum Gasteiger partial charge on any atom is 0.419 e. The molecule has 24 heavy (non-hydrogen) atoms. The Morgan fingerprint density at radius 2 is 1.92 bits per heavy atom. The Kier molecular flexibility index (Phi) is 3.91. The molecular formula is C17H14N2O5. The van der Waals surface area contributed by atoms with Crippen LogP contribution < -0.4 is 11.1 Å². The highest BCUT2D eigenvalue weighted by Crippen LogP contribution is 2.17. The molecule has 7 heteroatoms. The third-order valence-corrected chi connectivity index (χ3v) is 3.60. The molecule has 122 valence electrons. The quantitative estimate of drug-likeness (QED) is 0.745. The molecule has 0 aliphatic heterocycles. The summed E-state index contributed by atoms with van der Waals surface area (Å²) in [6, 6.07) is 11.1. The molecule has 1 heterocycles. The summed E-state index contributed by atoms with van der Waals surface area (Å²) in [5, 5.41) is 2.70. The number of aromatic nitrogens is 1. The SMILES string of the molecule is COC(=O)c1cccc(NC(=O)c2ccc3oc(=O)n(C)c3c2)c1. The van der Waals surface area contributed by atoms with Crippen LogP contribution in [-0.4, -0.2) is 23.6 Å². The maximum absolute atomic E-state index is 12.4. The fourth-order valence-electron chi connectivity index (χ4n) is 2.31. The number of oxazole rings is 1. The van der Waals surface area contributed by atoms with Gasteiger partial charge in [-0.3, -0.25) is 9.36 Å². The molecule has 0 spiro atoms. The topological polar surface area (TPSA) is 90.5 Å². The lowest BCUT2D eigenvalue weighted by Gasteiger charge is -2.07. The molecule has 3 rings (SSSR count). The van der Waals surface area contributed by atoms with E-state index in [1.165, 1.54) is 17.7 Å². The predicted molar refractivity (Wildman–Crippen MR) is 87.2 cm³/mol. The van der Waals surface area contributed by atoms with Gasteiger partial charge in [-0.15, -0.1) is 0 Å². The fourth-order valence-corrected chi connectivity index (χ4v) is 2.31. The van der Waals surface area contributed by atoms with Gasteiger partial charge in [-0.05, 0) is 36.4 Å². The highest BCUT2D eigenvalue weighted by molar-refractivity contribution is 6.06. The Morgan fingerprint density at radius 3 is 2.67 bits per heavy atom. The number of esters is 1. The van der Waals surface area contributed by atoms with Crippen molar-refractivity contribution in [1.82, 2.24) is 4.57 Å². The van der Waals surface area contributed by atoms with Crippen LogP contribution in [0.4, 0.5) is 5.69 Å². The normalized spacial score (nSPS) is 10.6. The van der Waals surface area contributed by atoms with E-state index in [0.29, 0.717) is 27.9 Å². The number of carbonyl (C=O) groups excluding carboxylic acids is 2. The second kappa shape index (κ2) is 6.04. The number of methoxy groups -OCH3 is 1. The standard InChI is InChI=1S/C17H14N2O5/c1-19-13-9-10(6-7-14(13)24-17(19)22)15(20)18-12-5-3-4-11(8-12)16(21)23-2/h3-9H,1-2H3,(H,18,20). The molecule has 0 atom stereocenters. The van der Waals surface area contributed by atoms with E-state index in [2.05, 4.69) is 10.1 Å². The second-order valence-corrected chi connectivity index (χ2v) is 5.14. The first kappa shape index (κ1) is 15.5. The molecule has 1 aromatic heterocycles. The Balaban J connectivity index is 1.88. The van der Waals surface area contributed by atoms with Crippen LogP contribution in [0.15, 0.2) is 51.7 Å². The Labute approximate surface area is 136 Å². The van der Waals surface area contributed by atoms with Crippen LogP contribution in [-0.2, 0) is 11.8 Å². The van der Waals surface area contributed by atoms with E-state index in [4.69, 9.17) is 4.42 Å². The van der Waals surface area contributed by atoms with Gasteiger partial charge in [0.15, 0.2) is 5.58 Å². The summed E-state index contributed by atoms with van der Waals surface area (Å²) < 4.78 is 11.0. The van der Waals surface area contributed by atoms with Crippen molar-refractivity contribution in [3.63, 3.8) is 0 Å². The first-order valence-corrected chi connectivity index (χ1v) is 7.09. The van der Waals surface area contributed by atoms with Crippen LogP contribution in [0, 0.1) is 0 Å². The number of carbonyl (C=O) groups is 2. The Morgan fingerprint density at radius 1 is 1.12 bits per heavy atom. The van der Waals surface area contributed by atoms with Gasteiger partial charge >= 0.3 is 11.7 Å². The molecule has 0 aliphatic carbocycles. The lowest BCUT2D eigenvalue weighted by Crippen LogP contribution is -2.13. The monoisotopic (exact) mass is 326 g/mol. The van der Waals surface area contributed by atoms with Gasteiger partial charge in [0.1, 0.15) is 0 Å². The third kappa shape index (κ3) is 2.79. The summed E-state index contributed by atoms with van der Waals surface area (Å²) in [6.07, 6.45) is 0. The molecule has 0 saturated heterocycles. The van der Waals surface area contributed by atoms with Gasteiger partial charge in [-0.1, -0.05) is 6.07 Å². The molecule has 0 radical (unpaired) electrons. The van der Waals surface area contributed by atoms with Crippen molar-refractivity contribution >= 4 is 28.7 Å². The van der Waals surface area contributed by atoms with E-state index in [1.807, 2.05) is 0 Å². The number of aryl methyl sites for hydroxylation is 1. The number of ether oxygens (including phenoxy) is 1. The van der Waals surface area contributed by atoms with Gasteiger partial charge in [0.2, 0.25) is 0 Å². The summed E-state index contributed by atoms with van der Waals surface area (Å²) in [4.78, 5) is 35.4. The van der Waals surface area contributed by atoms with Crippen LogP contribution in [0.5, 0.6) is 0 Å². The number of nitrogens with zero attached hydrogens (tertiary/aromatic N) is 1. The van der Waals surface area contributed by atoms with Gasteiger partial charge < -0.3 is 14.5 Å². The summed E-state index contributed by atoms with van der Waals surface area (Å²) in [6.45, 7) is 0. The van der Waals surface area contributed by atoms with Crippen molar-refractivity contribution in [1.29, 1.82) is 0 Å². The summed E-state index contributed by atoms with van der Waals surface area (Å²) in [5.41, 5.74) is 2.09. The van der Waals surface area contributed by atoms with Gasteiger partial charge in [-0.2, -0.15) is 0 Å². The number of rotatable bonds is 3. The van der Waals surface area contributed by atoms with Gasteiger partial charge in [0, 0.05) is 18.3 Å². The molecule has 0 aliphatic rings. The lowest BCUT2D eigenvalue weighted by molar-refractivity contribution is 0.0600. The van der Waals surface area contributed by atoms with Crippen molar-refractivity contribution in [2.24, 2.45) is 7.05 Å². The highest BCUT2D eigenvalue weighted by Gasteiger charge is 2.12. The smallest absolute Gasteiger partial charge is 0.419 e. The lowest BCUT2D eigenvalue weighted by atomic mass is 10.1. The van der Waals surface area contributed by atoms with Crippen molar-refractivity contribution in [2.75, 3.05) is 12.4 Å². The number of amides is 1. The molecule has 0 bridgehead atoms. The molecular weight excluding hydrogens is 312 g/mol. The Bertz CT molecular complexity index is 1000. The van der Waals surface area contributed by atoms with Crippen molar-refractivity contribution in [3.05, 3.63) is 64.1 Å². The molecule has 1 amide bonds. The van der Waals surface area contributed by atoms with Crippen LogP contribution in [0.25, 0.3) is 11.1 Å². The van der Waals surface area contributed by atoms with E-state index < -0.39 is 11.7 Å². The minimum Gasteiger partial charge on any atom is -0.465 e. The number of nitrogens with one attached hydrogen (secondary N) is 1. The number of fused-ring (bicyclic) bond motifs is 1. The zero-order valence-electron chi connectivity index (χ0n) is 13.0. The van der Waals surface area contributed by atoms with E-state index in [-0.39, 0.29) is 5.91 Å². The number of benzene rings is 2. The van der Waals surface area contributed by atoms with E-state index in [1.54, 1.807) is 43.4 Å². The fraction of sp³-hybridized carbons (Fsp3) is 0.118. The number of hydrogen-bond acceptors (Lipinski definition) is 5. The van der Waals surface area contributed by atoms with Crippen LogP contribution in [0.2, 0.25) is 0 Å². The number of hydrogen-bond donors (Lipinski definition) is 1.